The third-order valence-electron chi connectivity index (χ3n) is 2.95. The van der Waals surface area contributed by atoms with Crippen molar-refractivity contribution in [3.63, 3.8) is 0 Å². The lowest BCUT2D eigenvalue weighted by Gasteiger charge is -2.15. The number of hydrogen-bond acceptors (Lipinski definition) is 3. The quantitative estimate of drug-likeness (QED) is 0.879. The zero-order valence-electron chi connectivity index (χ0n) is 11.5. The highest BCUT2D eigenvalue weighted by Gasteiger charge is 2.16. The summed E-state index contributed by atoms with van der Waals surface area (Å²) in [7, 11) is 0. The van der Waals surface area contributed by atoms with Crippen molar-refractivity contribution in [2.24, 2.45) is 0 Å². The second-order valence-corrected chi connectivity index (χ2v) is 6.80. The van der Waals surface area contributed by atoms with Crippen molar-refractivity contribution in [3.05, 3.63) is 46.0 Å². The van der Waals surface area contributed by atoms with E-state index in [1.165, 1.54) is 9.75 Å². The fourth-order valence-corrected chi connectivity index (χ4v) is 2.78. The molecule has 0 saturated heterocycles. The number of hydrogen-bond donors (Lipinski definition) is 1. The SMILES string of the molecule is C[C@H](NCc1ccc(C(C)(C)C)s1)c1ccco1. The van der Waals surface area contributed by atoms with E-state index in [-0.39, 0.29) is 11.5 Å². The van der Waals surface area contributed by atoms with Gasteiger partial charge in [0.15, 0.2) is 0 Å². The molecule has 2 nitrogen and oxygen atoms in total. The molecule has 0 spiro atoms. The summed E-state index contributed by atoms with van der Waals surface area (Å²) in [6, 6.07) is 8.63. The van der Waals surface area contributed by atoms with Gasteiger partial charge >= 0.3 is 0 Å². The average molecular weight is 263 g/mol. The molecule has 18 heavy (non-hydrogen) atoms. The van der Waals surface area contributed by atoms with Gasteiger partial charge in [-0.1, -0.05) is 20.8 Å². The van der Waals surface area contributed by atoms with E-state index in [1.807, 2.05) is 23.5 Å². The Balaban J connectivity index is 1.93. The smallest absolute Gasteiger partial charge is 0.120 e. The first-order chi connectivity index (χ1) is 8.47. The van der Waals surface area contributed by atoms with Crippen molar-refractivity contribution in [1.29, 1.82) is 0 Å². The van der Waals surface area contributed by atoms with Crippen LogP contribution in [0.25, 0.3) is 0 Å². The van der Waals surface area contributed by atoms with Crippen LogP contribution in [-0.2, 0) is 12.0 Å². The van der Waals surface area contributed by atoms with E-state index in [2.05, 4.69) is 45.1 Å². The Hall–Kier alpha value is -1.06. The first kappa shape index (κ1) is 13.4. The number of thiophene rings is 1. The molecule has 0 aliphatic heterocycles. The zero-order chi connectivity index (χ0) is 13.2. The van der Waals surface area contributed by atoms with Gasteiger partial charge in [-0.2, -0.15) is 0 Å². The molecular formula is C15H21NOS. The van der Waals surface area contributed by atoms with Gasteiger partial charge in [-0.05, 0) is 36.6 Å². The molecule has 2 aromatic rings. The highest BCUT2D eigenvalue weighted by molar-refractivity contribution is 7.12. The fraction of sp³-hybridized carbons (Fsp3) is 0.467. The lowest BCUT2D eigenvalue weighted by atomic mass is 9.95. The Morgan fingerprint density at radius 1 is 1.28 bits per heavy atom. The summed E-state index contributed by atoms with van der Waals surface area (Å²) >= 11 is 1.89. The maximum Gasteiger partial charge on any atom is 0.120 e. The topological polar surface area (TPSA) is 25.2 Å². The first-order valence-corrected chi connectivity index (χ1v) is 7.14. The van der Waals surface area contributed by atoms with E-state index in [1.54, 1.807) is 6.26 Å². The van der Waals surface area contributed by atoms with Gasteiger partial charge in [0.1, 0.15) is 5.76 Å². The van der Waals surface area contributed by atoms with Gasteiger partial charge in [-0.3, -0.25) is 0 Å². The normalized spacial score (nSPS) is 13.8. The summed E-state index contributed by atoms with van der Waals surface area (Å²) in [5.74, 6) is 0.989. The minimum absolute atomic E-state index is 0.246. The second kappa shape index (κ2) is 5.29. The van der Waals surface area contributed by atoms with E-state index >= 15 is 0 Å². The van der Waals surface area contributed by atoms with Crippen molar-refractivity contribution in [3.8, 4) is 0 Å². The van der Waals surface area contributed by atoms with Crippen molar-refractivity contribution >= 4 is 11.3 Å². The minimum Gasteiger partial charge on any atom is -0.468 e. The van der Waals surface area contributed by atoms with Gasteiger partial charge in [0.25, 0.3) is 0 Å². The van der Waals surface area contributed by atoms with Gasteiger partial charge in [-0.25, -0.2) is 0 Å². The van der Waals surface area contributed by atoms with Crippen LogP contribution in [0.15, 0.2) is 34.9 Å². The maximum absolute atomic E-state index is 5.38. The highest BCUT2D eigenvalue weighted by atomic mass is 32.1. The third-order valence-corrected chi connectivity index (χ3v) is 4.46. The maximum atomic E-state index is 5.38. The Bertz CT molecular complexity index is 479. The van der Waals surface area contributed by atoms with E-state index < -0.39 is 0 Å². The van der Waals surface area contributed by atoms with Gasteiger partial charge in [0.05, 0.1) is 12.3 Å². The molecule has 1 N–H and O–H groups in total. The van der Waals surface area contributed by atoms with Crippen molar-refractivity contribution < 1.29 is 4.42 Å². The summed E-state index contributed by atoms with van der Waals surface area (Å²) in [5.41, 5.74) is 0.246. The first-order valence-electron chi connectivity index (χ1n) is 6.33. The van der Waals surface area contributed by atoms with Crippen molar-refractivity contribution in [1.82, 2.24) is 5.32 Å². The molecule has 2 rings (SSSR count). The summed E-state index contributed by atoms with van der Waals surface area (Å²) in [5, 5.41) is 3.48. The largest absolute Gasteiger partial charge is 0.468 e. The van der Waals surface area contributed by atoms with Crippen molar-refractivity contribution in [2.75, 3.05) is 0 Å². The van der Waals surface area contributed by atoms with Crippen LogP contribution in [0, 0.1) is 0 Å². The minimum atomic E-state index is 0.246. The Labute approximate surface area is 113 Å². The van der Waals surface area contributed by atoms with Crippen LogP contribution in [-0.4, -0.2) is 0 Å². The molecule has 0 amide bonds. The van der Waals surface area contributed by atoms with Gasteiger partial charge in [-0.15, -0.1) is 11.3 Å². The monoisotopic (exact) mass is 263 g/mol. The van der Waals surface area contributed by atoms with E-state index in [0.717, 1.165) is 12.3 Å². The lowest BCUT2D eigenvalue weighted by Crippen LogP contribution is -2.16. The van der Waals surface area contributed by atoms with Gasteiger partial charge < -0.3 is 9.73 Å². The summed E-state index contributed by atoms with van der Waals surface area (Å²) in [6.45, 7) is 9.77. The summed E-state index contributed by atoms with van der Waals surface area (Å²) in [6.07, 6.45) is 1.72. The molecule has 98 valence electrons. The van der Waals surface area contributed by atoms with Crippen LogP contribution in [0.2, 0.25) is 0 Å². The summed E-state index contributed by atoms with van der Waals surface area (Å²) in [4.78, 5) is 2.81. The Morgan fingerprint density at radius 2 is 2.06 bits per heavy atom. The second-order valence-electron chi connectivity index (χ2n) is 5.63. The van der Waals surface area contributed by atoms with Crippen LogP contribution in [0.5, 0.6) is 0 Å². The molecular weight excluding hydrogens is 242 g/mol. The van der Waals surface area contributed by atoms with E-state index in [0.29, 0.717) is 0 Å². The molecule has 0 aromatic carbocycles. The standard InChI is InChI=1S/C15H21NOS/c1-11(13-6-5-9-17-13)16-10-12-7-8-14(18-12)15(2,3)4/h5-9,11,16H,10H2,1-4H3/t11-/m0/s1. The molecule has 0 unspecified atom stereocenters. The fourth-order valence-electron chi connectivity index (χ4n) is 1.77. The molecule has 0 bridgehead atoms. The molecule has 0 fully saturated rings. The number of nitrogens with one attached hydrogen (secondary N) is 1. The number of furan rings is 1. The van der Waals surface area contributed by atoms with E-state index in [4.69, 9.17) is 4.42 Å². The Morgan fingerprint density at radius 3 is 2.61 bits per heavy atom. The molecule has 1 atom stereocenters. The van der Waals surface area contributed by atoms with Crippen LogP contribution < -0.4 is 5.32 Å². The average Bonchev–Trinajstić information content (AvgIpc) is 2.96. The van der Waals surface area contributed by atoms with Crippen LogP contribution >= 0.6 is 11.3 Å². The highest BCUT2D eigenvalue weighted by Crippen LogP contribution is 2.29. The van der Waals surface area contributed by atoms with Crippen LogP contribution in [0.4, 0.5) is 0 Å². The van der Waals surface area contributed by atoms with Gasteiger partial charge in [0, 0.05) is 16.3 Å². The van der Waals surface area contributed by atoms with Crippen molar-refractivity contribution in [2.45, 2.75) is 45.7 Å². The van der Waals surface area contributed by atoms with Crippen LogP contribution in [0.1, 0.15) is 49.3 Å². The molecule has 3 heteroatoms. The Kier molecular flexibility index (Phi) is 3.93. The predicted molar refractivity (Wildman–Crippen MR) is 77.0 cm³/mol. The third kappa shape index (κ3) is 3.24. The summed E-state index contributed by atoms with van der Waals surface area (Å²) < 4.78 is 5.38. The lowest BCUT2D eigenvalue weighted by molar-refractivity contribution is 0.431. The molecule has 0 radical (unpaired) electrons. The van der Waals surface area contributed by atoms with E-state index in [9.17, 15) is 0 Å². The van der Waals surface area contributed by atoms with Gasteiger partial charge in [0.2, 0.25) is 0 Å². The molecule has 0 saturated carbocycles. The molecule has 0 aliphatic carbocycles. The predicted octanol–water partition coefficient (Wildman–Crippen LogP) is 4.49. The molecule has 2 aromatic heterocycles. The number of rotatable bonds is 4. The molecule has 0 aliphatic rings. The zero-order valence-corrected chi connectivity index (χ0v) is 12.3. The van der Waals surface area contributed by atoms with Crippen LogP contribution in [0.3, 0.4) is 0 Å². The molecule has 2 heterocycles.